The first kappa shape index (κ1) is 12.3. The molecule has 0 saturated carbocycles. The van der Waals surface area contributed by atoms with Crippen molar-refractivity contribution in [3.05, 3.63) is 0 Å². The van der Waals surface area contributed by atoms with Gasteiger partial charge in [0.1, 0.15) is 0 Å². The number of hydrogen-bond donors (Lipinski definition) is 3. The van der Waals surface area contributed by atoms with Crippen LogP contribution in [0, 0.1) is 0 Å². The zero-order chi connectivity index (χ0) is 12.1. The van der Waals surface area contributed by atoms with E-state index in [1.54, 1.807) is 0 Å². The lowest BCUT2D eigenvalue weighted by atomic mass is 10.2. The Balaban J connectivity index is 1.61. The van der Waals surface area contributed by atoms with E-state index in [-0.39, 0.29) is 24.0 Å². The van der Waals surface area contributed by atoms with Gasteiger partial charge in [0.2, 0.25) is 11.8 Å². The molecule has 0 bridgehead atoms. The van der Waals surface area contributed by atoms with Gasteiger partial charge in [0.25, 0.3) is 0 Å². The van der Waals surface area contributed by atoms with Gasteiger partial charge in [-0.05, 0) is 6.42 Å². The predicted molar refractivity (Wildman–Crippen MR) is 61.4 cm³/mol. The summed E-state index contributed by atoms with van der Waals surface area (Å²) in [4.78, 5) is 22.6. The Morgan fingerprint density at radius 3 is 3.06 bits per heavy atom. The molecule has 6 nitrogen and oxygen atoms in total. The van der Waals surface area contributed by atoms with Crippen LogP contribution >= 0.6 is 0 Å². The van der Waals surface area contributed by atoms with E-state index in [0.717, 1.165) is 19.5 Å². The molecule has 2 amide bonds. The van der Waals surface area contributed by atoms with E-state index in [2.05, 4.69) is 16.0 Å². The molecule has 2 aliphatic heterocycles. The first-order valence-corrected chi connectivity index (χ1v) is 6.12. The Kier molecular flexibility index (Phi) is 4.33. The second-order valence-electron chi connectivity index (χ2n) is 4.51. The van der Waals surface area contributed by atoms with Crippen molar-refractivity contribution in [2.75, 3.05) is 26.2 Å². The van der Waals surface area contributed by atoms with Gasteiger partial charge in [0.15, 0.2) is 0 Å². The summed E-state index contributed by atoms with van der Waals surface area (Å²) >= 11 is 0. The second kappa shape index (κ2) is 5.97. The molecule has 2 saturated heterocycles. The number of morpholine rings is 1. The van der Waals surface area contributed by atoms with Gasteiger partial charge >= 0.3 is 0 Å². The highest BCUT2D eigenvalue weighted by Gasteiger charge is 2.22. The summed E-state index contributed by atoms with van der Waals surface area (Å²) in [6.07, 6.45) is 1.73. The third kappa shape index (κ3) is 3.98. The maximum Gasteiger partial charge on any atom is 0.222 e. The Morgan fingerprint density at radius 2 is 2.41 bits per heavy atom. The van der Waals surface area contributed by atoms with Crippen molar-refractivity contribution in [1.82, 2.24) is 16.0 Å². The molecule has 2 atom stereocenters. The Labute approximate surface area is 100 Å². The van der Waals surface area contributed by atoms with E-state index in [4.69, 9.17) is 4.74 Å². The monoisotopic (exact) mass is 241 g/mol. The van der Waals surface area contributed by atoms with E-state index in [1.807, 2.05) is 0 Å². The SMILES string of the molecule is O=C(CC1CNCCO1)NCC1CCC(=O)N1. The van der Waals surface area contributed by atoms with Crippen LogP contribution in [0.15, 0.2) is 0 Å². The van der Waals surface area contributed by atoms with Crippen LogP contribution in [0.1, 0.15) is 19.3 Å². The minimum atomic E-state index is -0.0260. The Hall–Kier alpha value is -1.14. The zero-order valence-electron chi connectivity index (χ0n) is 9.83. The van der Waals surface area contributed by atoms with Crippen molar-refractivity contribution >= 4 is 11.8 Å². The van der Waals surface area contributed by atoms with Gasteiger partial charge in [-0.1, -0.05) is 0 Å². The smallest absolute Gasteiger partial charge is 0.222 e. The molecule has 0 aromatic heterocycles. The van der Waals surface area contributed by atoms with Crippen molar-refractivity contribution in [1.29, 1.82) is 0 Å². The summed E-state index contributed by atoms with van der Waals surface area (Å²) in [6.45, 7) is 2.77. The molecule has 0 radical (unpaired) electrons. The highest BCUT2D eigenvalue weighted by atomic mass is 16.5. The molecule has 2 unspecified atom stereocenters. The molecule has 17 heavy (non-hydrogen) atoms. The van der Waals surface area contributed by atoms with Gasteiger partial charge in [-0.2, -0.15) is 0 Å². The van der Waals surface area contributed by atoms with E-state index < -0.39 is 0 Å². The van der Waals surface area contributed by atoms with Gasteiger partial charge in [-0.3, -0.25) is 9.59 Å². The molecule has 2 rings (SSSR count). The van der Waals surface area contributed by atoms with E-state index in [1.165, 1.54) is 0 Å². The number of carbonyl (C=O) groups excluding carboxylic acids is 2. The normalized spacial score (nSPS) is 28.8. The Morgan fingerprint density at radius 1 is 1.53 bits per heavy atom. The van der Waals surface area contributed by atoms with Crippen LogP contribution in [0.3, 0.4) is 0 Å². The molecule has 0 spiro atoms. The number of nitrogens with one attached hydrogen (secondary N) is 3. The highest BCUT2D eigenvalue weighted by molar-refractivity contribution is 5.79. The predicted octanol–water partition coefficient (Wildman–Crippen LogP) is -1.24. The average Bonchev–Trinajstić information content (AvgIpc) is 2.74. The summed E-state index contributed by atoms with van der Waals surface area (Å²) in [6, 6.07) is 0.0943. The lowest BCUT2D eigenvalue weighted by Gasteiger charge is -2.23. The van der Waals surface area contributed by atoms with Crippen LogP contribution in [0.4, 0.5) is 0 Å². The quantitative estimate of drug-likeness (QED) is 0.575. The average molecular weight is 241 g/mol. The third-order valence-corrected chi connectivity index (χ3v) is 3.05. The largest absolute Gasteiger partial charge is 0.375 e. The van der Waals surface area contributed by atoms with Gasteiger partial charge in [-0.15, -0.1) is 0 Å². The Bertz CT molecular complexity index is 290. The fourth-order valence-electron chi connectivity index (χ4n) is 2.10. The molecule has 96 valence electrons. The van der Waals surface area contributed by atoms with Crippen LogP contribution in [-0.4, -0.2) is 50.2 Å². The van der Waals surface area contributed by atoms with E-state index >= 15 is 0 Å². The van der Waals surface area contributed by atoms with Gasteiger partial charge in [-0.25, -0.2) is 0 Å². The number of ether oxygens (including phenoxy) is 1. The molecule has 0 aromatic carbocycles. The van der Waals surface area contributed by atoms with E-state index in [0.29, 0.717) is 26.0 Å². The molecular weight excluding hydrogens is 222 g/mol. The zero-order valence-corrected chi connectivity index (χ0v) is 9.83. The van der Waals surface area contributed by atoms with Crippen molar-refractivity contribution in [3.8, 4) is 0 Å². The summed E-state index contributed by atoms with van der Waals surface area (Å²) in [5.74, 6) is 0.0592. The fourth-order valence-corrected chi connectivity index (χ4v) is 2.10. The molecular formula is C11H19N3O3. The van der Waals surface area contributed by atoms with Crippen LogP contribution in [0.25, 0.3) is 0 Å². The van der Waals surface area contributed by atoms with Crippen molar-refractivity contribution in [2.45, 2.75) is 31.4 Å². The molecule has 0 aromatic rings. The van der Waals surface area contributed by atoms with Crippen molar-refractivity contribution in [3.63, 3.8) is 0 Å². The van der Waals surface area contributed by atoms with Gasteiger partial charge in [0.05, 0.1) is 19.1 Å². The molecule has 2 aliphatic rings. The molecule has 2 fully saturated rings. The van der Waals surface area contributed by atoms with Crippen LogP contribution < -0.4 is 16.0 Å². The van der Waals surface area contributed by atoms with Gasteiger partial charge < -0.3 is 20.7 Å². The first-order chi connectivity index (χ1) is 8.24. The molecule has 2 heterocycles. The molecule has 0 aliphatic carbocycles. The fraction of sp³-hybridized carbons (Fsp3) is 0.818. The number of carbonyl (C=O) groups is 2. The highest BCUT2D eigenvalue weighted by Crippen LogP contribution is 2.05. The number of hydrogen-bond acceptors (Lipinski definition) is 4. The van der Waals surface area contributed by atoms with Crippen LogP contribution in [-0.2, 0) is 14.3 Å². The topological polar surface area (TPSA) is 79.5 Å². The summed E-state index contributed by atoms with van der Waals surface area (Å²) in [5.41, 5.74) is 0. The van der Waals surface area contributed by atoms with Crippen LogP contribution in [0.5, 0.6) is 0 Å². The second-order valence-corrected chi connectivity index (χ2v) is 4.51. The first-order valence-electron chi connectivity index (χ1n) is 6.12. The lowest BCUT2D eigenvalue weighted by molar-refractivity contribution is -0.125. The minimum Gasteiger partial charge on any atom is -0.375 e. The van der Waals surface area contributed by atoms with Crippen molar-refractivity contribution < 1.29 is 14.3 Å². The van der Waals surface area contributed by atoms with Gasteiger partial charge in [0, 0.05) is 32.1 Å². The standard InChI is InChI=1S/C11H19N3O3/c15-10-2-1-8(14-10)6-13-11(16)5-9-7-12-3-4-17-9/h8-9,12H,1-7H2,(H,13,16)(H,14,15). The number of rotatable bonds is 4. The molecule has 3 N–H and O–H groups in total. The summed E-state index contributed by atoms with van der Waals surface area (Å²) in [7, 11) is 0. The molecule has 6 heteroatoms. The maximum absolute atomic E-state index is 11.6. The van der Waals surface area contributed by atoms with E-state index in [9.17, 15) is 9.59 Å². The third-order valence-electron chi connectivity index (χ3n) is 3.05. The number of amides is 2. The minimum absolute atomic E-state index is 0.0140. The van der Waals surface area contributed by atoms with Crippen molar-refractivity contribution in [2.24, 2.45) is 0 Å². The summed E-state index contributed by atoms with van der Waals surface area (Å²) in [5, 5.41) is 8.83. The lowest BCUT2D eigenvalue weighted by Crippen LogP contribution is -2.43. The summed E-state index contributed by atoms with van der Waals surface area (Å²) < 4.78 is 5.44. The maximum atomic E-state index is 11.6. The van der Waals surface area contributed by atoms with Crippen LogP contribution in [0.2, 0.25) is 0 Å².